The van der Waals surface area contributed by atoms with E-state index in [4.69, 9.17) is 14.7 Å². The van der Waals surface area contributed by atoms with E-state index in [1.807, 2.05) is 44.7 Å². The van der Waals surface area contributed by atoms with Gasteiger partial charge in [-0.15, -0.1) is 0 Å². The molecule has 1 unspecified atom stereocenters. The van der Waals surface area contributed by atoms with Crippen molar-refractivity contribution in [2.45, 2.75) is 19.4 Å². The van der Waals surface area contributed by atoms with Crippen molar-refractivity contribution in [1.82, 2.24) is 29.7 Å². The first-order valence-electron chi connectivity index (χ1n) is 10.7. The van der Waals surface area contributed by atoms with E-state index >= 15 is 0 Å². The zero-order valence-electron chi connectivity index (χ0n) is 17.9. The van der Waals surface area contributed by atoms with Crippen LogP contribution in [0.2, 0.25) is 0 Å². The van der Waals surface area contributed by atoms with Crippen LogP contribution >= 0.6 is 0 Å². The van der Waals surface area contributed by atoms with Gasteiger partial charge in [-0.05, 0) is 19.4 Å². The van der Waals surface area contributed by atoms with Gasteiger partial charge in [-0.3, -0.25) is 4.68 Å². The van der Waals surface area contributed by atoms with Gasteiger partial charge in [0.05, 0.1) is 25.1 Å². The molecule has 2 saturated heterocycles. The topological polar surface area (TPSA) is 97.1 Å². The Labute approximate surface area is 181 Å². The van der Waals surface area contributed by atoms with E-state index in [1.54, 1.807) is 4.68 Å². The molecule has 0 amide bonds. The van der Waals surface area contributed by atoms with Crippen molar-refractivity contribution in [2.75, 3.05) is 54.5 Å². The fourth-order valence-corrected chi connectivity index (χ4v) is 4.02. The van der Waals surface area contributed by atoms with Crippen LogP contribution in [0.25, 0.3) is 11.3 Å². The van der Waals surface area contributed by atoms with Crippen LogP contribution in [0.15, 0.2) is 30.7 Å². The maximum atomic E-state index is 5.45. The fourth-order valence-electron chi connectivity index (χ4n) is 4.02. The maximum absolute atomic E-state index is 5.45. The summed E-state index contributed by atoms with van der Waals surface area (Å²) < 4.78 is 7.23. The number of aromatic nitrogens is 6. The number of nitrogens with zero attached hydrogens (tertiary/aromatic N) is 8. The van der Waals surface area contributed by atoms with Gasteiger partial charge in [-0.1, -0.05) is 0 Å². The van der Waals surface area contributed by atoms with Crippen LogP contribution in [0.1, 0.15) is 12.1 Å². The van der Waals surface area contributed by atoms with Gasteiger partial charge in [0.2, 0.25) is 11.9 Å². The third-order valence-corrected chi connectivity index (χ3v) is 5.60. The van der Waals surface area contributed by atoms with E-state index in [9.17, 15) is 0 Å². The fraction of sp³-hybridized carbons (Fsp3) is 0.476. The van der Waals surface area contributed by atoms with Crippen LogP contribution < -0.4 is 15.1 Å². The van der Waals surface area contributed by atoms with Crippen molar-refractivity contribution in [3.05, 3.63) is 36.4 Å². The minimum atomic E-state index is 0.275. The Kier molecular flexibility index (Phi) is 5.37. The number of rotatable bonds is 5. The molecule has 0 radical (unpaired) electrons. The lowest BCUT2D eigenvalue weighted by Crippen LogP contribution is -2.37. The minimum absolute atomic E-state index is 0.275. The Bertz CT molecular complexity index is 1050. The maximum Gasteiger partial charge on any atom is 0.227 e. The van der Waals surface area contributed by atoms with Crippen molar-refractivity contribution in [3.63, 3.8) is 0 Å². The van der Waals surface area contributed by atoms with E-state index in [0.717, 1.165) is 80.5 Å². The predicted octanol–water partition coefficient (Wildman–Crippen LogP) is 1.50. The molecule has 2 aliphatic rings. The summed E-state index contributed by atoms with van der Waals surface area (Å²) >= 11 is 0. The zero-order chi connectivity index (χ0) is 21.2. The molecule has 0 bridgehead atoms. The van der Waals surface area contributed by atoms with Crippen molar-refractivity contribution < 1.29 is 4.74 Å². The third kappa shape index (κ3) is 4.43. The number of hydrogen-bond donors (Lipinski definition) is 1. The highest BCUT2D eigenvalue weighted by Crippen LogP contribution is 2.23. The molecule has 5 heterocycles. The summed E-state index contributed by atoms with van der Waals surface area (Å²) in [6.07, 6.45) is 6.60. The SMILES string of the molecule is Cc1cc(NC2CCN(c3nccc(-c4cnn(C)c4)n3)C2)nc(N2CCOCC2)n1. The number of ether oxygens (including phenoxy) is 1. The third-order valence-electron chi connectivity index (χ3n) is 5.60. The quantitative estimate of drug-likeness (QED) is 0.657. The van der Waals surface area contributed by atoms with E-state index < -0.39 is 0 Å². The molecule has 1 atom stereocenters. The first kappa shape index (κ1) is 19.7. The van der Waals surface area contributed by atoms with E-state index in [1.165, 1.54) is 0 Å². The molecule has 162 valence electrons. The van der Waals surface area contributed by atoms with Crippen molar-refractivity contribution in [3.8, 4) is 11.3 Å². The number of anilines is 3. The molecule has 10 heteroatoms. The van der Waals surface area contributed by atoms with Gasteiger partial charge < -0.3 is 19.9 Å². The van der Waals surface area contributed by atoms with Crippen molar-refractivity contribution in [2.24, 2.45) is 7.05 Å². The number of nitrogens with one attached hydrogen (secondary N) is 1. The largest absolute Gasteiger partial charge is 0.378 e. The lowest BCUT2D eigenvalue weighted by molar-refractivity contribution is 0.122. The normalized spacial score (nSPS) is 19.1. The Morgan fingerprint density at radius 1 is 1.06 bits per heavy atom. The van der Waals surface area contributed by atoms with Gasteiger partial charge in [0.1, 0.15) is 5.82 Å². The average Bonchev–Trinajstić information content (AvgIpc) is 3.43. The summed E-state index contributed by atoms with van der Waals surface area (Å²) in [5.41, 5.74) is 2.84. The molecule has 2 fully saturated rings. The Morgan fingerprint density at radius 2 is 1.94 bits per heavy atom. The summed E-state index contributed by atoms with van der Waals surface area (Å²) in [5.74, 6) is 2.39. The van der Waals surface area contributed by atoms with Crippen molar-refractivity contribution in [1.29, 1.82) is 0 Å². The first-order valence-corrected chi connectivity index (χ1v) is 10.7. The number of morpholine rings is 1. The predicted molar refractivity (Wildman–Crippen MR) is 118 cm³/mol. The molecule has 31 heavy (non-hydrogen) atoms. The number of aryl methyl sites for hydroxylation is 2. The molecule has 0 aliphatic carbocycles. The Balaban J connectivity index is 1.27. The van der Waals surface area contributed by atoms with E-state index in [2.05, 4.69) is 30.2 Å². The highest BCUT2D eigenvalue weighted by Gasteiger charge is 2.25. The van der Waals surface area contributed by atoms with Gasteiger partial charge >= 0.3 is 0 Å². The molecule has 0 spiro atoms. The van der Waals surface area contributed by atoms with Crippen LogP contribution in [0, 0.1) is 6.92 Å². The van der Waals surface area contributed by atoms with Gasteiger partial charge in [0.15, 0.2) is 0 Å². The average molecular weight is 422 g/mol. The van der Waals surface area contributed by atoms with Gasteiger partial charge in [0, 0.05) is 69.0 Å². The second-order valence-corrected chi connectivity index (χ2v) is 8.01. The monoisotopic (exact) mass is 421 g/mol. The van der Waals surface area contributed by atoms with Crippen LogP contribution in [0.5, 0.6) is 0 Å². The molecular formula is C21H27N9O. The number of hydrogen-bond acceptors (Lipinski definition) is 9. The second kappa shape index (κ2) is 8.46. The van der Waals surface area contributed by atoms with Crippen LogP contribution in [0.4, 0.5) is 17.7 Å². The van der Waals surface area contributed by atoms with Crippen molar-refractivity contribution >= 4 is 17.7 Å². The highest BCUT2D eigenvalue weighted by molar-refractivity contribution is 5.58. The molecule has 0 saturated carbocycles. The summed E-state index contributed by atoms with van der Waals surface area (Å²) in [7, 11) is 1.90. The van der Waals surface area contributed by atoms with E-state index in [0.29, 0.717) is 0 Å². The summed E-state index contributed by atoms with van der Waals surface area (Å²) in [4.78, 5) is 23.0. The smallest absolute Gasteiger partial charge is 0.227 e. The van der Waals surface area contributed by atoms with Gasteiger partial charge in [0.25, 0.3) is 0 Å². The Hall–Kier alpha value is -3.27. The zero-order valence-corrected chi connectivity index (χ0v) is 17.9. The van der Waals surface area contributed by atoms with Gasteiger partial charge in [-0.25, -0.2) is 15.0 Å². The molecule has 2 aliphatic heterocycles. The van der Waals surface area contributed by atoms with Crippen LogP contribution in [-0.2, 0) is 11.8 Å². The van der Waals surface area contributed by atoms with Crippen LogP contribution in [-0.4, -0.2) is 75.2 Å². The molecule has 3 aromatic rings. The first-order chi connectivity index (χ1) is 15.1. The minimum Gasteiger partial charge on any atom is -0.378 e. The summed E-state index contributed by atoms with van der Waals surface area (Å²) in [6.45, 7) is 6.82. The van der Waals surface area contributed by atoms with E-state index in [-0.39, 0.29) is 6.04 Å². The van der Waals surface area contributed by atoms with Gasteiger partial charge in [-0.2, -0.15) is 10.1 Å². The Morgan fingerprint density at radius 3 is 2.74 bits per heavy atom. The lowest BCUT2D eigenvalue weighted by Gasteiger charge is -2.27. The molecule has 3 aromatic heterocycles. The highest BCUT2D eigenvalue weighted by atomic mass is 16.5. The van der Waals surface area contributed by atoms with Crippen LogP contribution in [0.3, 0.4) is 0 Å². The molecule has 0 aromatic carbocycles. The molecular weight excluding hydrogens is 394 g/mol. The standard InChI is InChI=1S/C21H27N9O/c1-15-11-19(27-21(24-15)29-7-9-31-10-8-29)25-17-4-6-30(14-17)20-22-5-3-18(26-20)16-12-23-28(2)13-16/h3,5,11-13,17H,4,6-10,14H2,1-2H3,(H,24,25,27). The summed E-state index contributed by atoms with van der Waals surface area (Å²) in [5, 5.41) is 7.83. The molecule has 1 N–H and O–H groups in total. The second-order valence-electron chi connectivity index (χ2n) is 8.01. The lowest BCUT2D eigenvalue weighted by atomic mass is 10.2. The molecule has 5 rings (SSSR count). The molecule has 10 nitrogen and oxygen atoms in total. The summed E-state index contributed by atoms with van der Waals surface area (Å²) in [6, 6.07) is 4.20.